The summed E-state index contributed by atoms with van der Waals surface area (Å²) in [4.78, 5) is 36.1. The van der Waals surface area contributed by atoms with E-state index in [9.17, 15) is 14.4 Å². The van der Waals surface area contributed by atoms with Crippen molar-refractivity contribution >= 4 is 23.2 Å². The molecule has 0 aliphatic carbocycles. The minimum Gasteiger partial charge on any atom is -0.496 e. The van der Waals surface area contributed by atoms with Crippen molar-refractivity contribution in [2.45, 2.75) is 52.4 Å². The van der Waals surface area contributed by atoms with Gasteiger partial charge in [-0.05, 0) is 29.2 Å². The lowest BCUT2D eigenvalue weighted by Crippen LogP contribution is -2.26. The molecule has 0 aliphatic heterocycles. The number of hydrogen-bond acceptors (Lipinski definition) is 5. The predicted octanol–water partition coefficient (Wildman–Crippen LogP) is 4.79. The molecule has 0 aromatic heterocycles. The molecule has 0 aliphatic rings. The van der Waals surface area contributed by atoms with Crippen LogP contribution in [-0.2, 0) is 21.4 Å². The van der Waals surface area contributed by atoms with E-state index in [1.807, 2.05) is 12.1 Å². The number of carbonyl (C=O) groups is 3. The molecule has 2 rings (SSSR count). The van der Waals surface area contributed by atoms with Crippen LogP contribution in [0, 0.1) is 0 Å². The van der Waals surface area contributed by atoms with E-state index in [2.05, 4.69) is 38.0 Å². The second-order valence-corrected chi connectivity index (χ2v) is 8.70. The van der Waals surface area contributed by atoms with E-state index < -0.39 is 0 Å². The van der Waals surface area contributed by atoms with E-state index in [-0.39, 0.29) is 35.7 Å². The first-order valence-electron chi connectivity index (χ1n) is 10.6. The normalized spacial score (nSPS) is 10.9. The van der Waals surface area contributed by atoms with Crippen molar-refractivity contribution in [3.8, 4) is 5.75 Å². The molecule has 0 spiro atoms. The summed E-state index contributed by atoms with van der Waals surface area (Å²) < 4.78 is 5.39. The molecule has 0 bridgehead atoms. The van der Waals surface area contributed by atoms with Crippen molar-refractivity contribution in [3.05, 3.63) is 71.6 Å². The molecule has 2 aromatic carbocycles. The number of anilines is 1. The highest BCUT2D eigenvalue weighted by atomic mass is 16.5. The highest BCUT2D eigenvalue weighted by Gasteiger charge is 2.15. The zero-order valence-corrected chi connectivity index (χ0v) is 19.5. The largest absolute Gasteiger partial charge is 0.496 e. The monoisotopic (exact) mass is 436 g/mol. The standard InChI is InChI=1S/C26H32N2O4/c1-7-22(29)16-23(30)14-19-10-13-21(15-24(19)32-6)27-17(2)28-25(31)18-8-11-20(12-9-18)26(3,4)5/h8-13,15,27H,2,7,14,16H2,1,3-6H3,(H,28,31). The van der Waals surface area contributed by atoms with Crippen LogP contribution in [0.2, 0.25) is 0 Å². The van der Waals surface area contributed by atoms with Crippen LogP contribution in [0.1, 0.15) is 62.0 Å². The Labute approximate surface area is 190 Å². The fourth-order valence-corrected chi connectivity index (χ4v) is 3.12. The molecule has 0 radical (unpaired) electrons. The SMILES string of the molecule is C=C(NC(=O)c1ccc(C(C)(C)C)cc1)Nc1ccc(CC(=O)CC(=O)CC)c(OC)c1. The van der Waals surface area contributed by atoms with Crippen molar-refractivity contribution in [2.75, 3.05) is 12.4 Å². The topological polar surface area (TPSA) is 84.5 Å². The second kappa shape index (κ2) is 10.8. The number of nitrogens with one attached hydrogen (secondary N) is 2. The summed E-state index contributed by atoms with van der Waals surface area (Å²) in [6, 6.07) is 12.7. The molecule has 0 saturated carbocycles. The van der Waals surface area contributed by atoms with Crippen molar-refractivity contribution in [1.82, 2.24) is 5.32 Å². The lowest BCUT2D eigenvalue weighted by Gasteiger charge is -2.19. The second-order valence-electron chi connectivity index (χ2n) is 8.70. The molecule has 0 atom stereocenters. The third kappa shape index (κ3) is 7.08. The lowest BCUT2D eigenvalue weighted by atomic mass is 9.87. The number of methoxy groups -OCH3 is 1. The van der Waals surface area contributed by atoms with Crippen LogP contribution in [0.4, 0.5) is 5.69 Å². The van der Waals surface area contributed by atoms with Gasteiger partial charge in [0, 0.05) is 35.7 Å². The average Bonchev–Trinajstić information content (AvgIpc) is 2.73. The van der Waals surface area contributed by atoms with Crippen molar-refractivity contribution in [2.24, 2.45) is 0 Å². The van der Waals surface area contributed by atoms with E-state index in [4.69, 9.17) is 4.74 Å². The molecule has 2 aromatic rings. The van der Waals surface area contributed by atoms with Gasteiger partial charge in [-0.15, -0.1) is 0 Å². The van der Waals surface area contributed by atoms with Gasteiger partial charge in [0.2, 0.25) is 0 Å². The average molecular weight is 437 g/mol. The zero-order valence-electron chi connectivity index (χ0n) is 19.5. The van der Waals surface area contributed by atoms with Crippen LogP contribution in [0.3, 0.4) is 0 Å². The van der Waals surface area contributed by atoms with Crippen LogP contribution in [-0.4, -0.2) is 24.6 Å². The minimum atomic E-state index is -0.266. The molecule has 0 saturated heterocycles. The Balaban J connectivity index is 2.01. The summed E-state index contributed by atoms with van der Waals surface area (Å²) in [6.07, 6.45) is 0.400. The lowest BCUT2D eigenvalue weighted by molar-refractivity contribution is -0.126. The molecule has 2 N–H and O–H groups in total. The molecule has 6 heteroatoms. The number of ether oxygens (including phenoxy) is 1. The fourth-order valence-electron chi connectivity index (χ4n) is 3.12. The minimum absolute atomic E-state index is 0.0154. The van der Waals surface area contributed by atoms with Gasteiger partial charge in [0.1, 0.15) is 23.1 Å². The summed E-state index contributed by atoms with van der Waals surface area (Å²) >= 11 is 0. The van der Waals surface area contributed by atoms with Gasteiger partial charge < -0.3 is 15.4 Å². The molecule has 1 amide bonds. The van der Waals surface area contributed by atoms with E-state index in [0.717, 1.165) is 5.56 Å². The molecule has 0 heterocycles. The molecule has 0 unspecified atom stereocenters. The number of hydrogen-bond donors (Lipinski definition) is 2. The molecule has 0 fully saturated rings. The number of Topliss-reactive ketones (excluding diaryl/α,β-unsaturated/α-hetero) is 2. The first-order valence-corrected chi connectivity index (χ1v) is 10.6. The molecular weight excluding hydrogens is 404 g/mol. The Morgan fingerprint density at radius 2 is 1.66 bits per heavy atom. The van der Waals surface area contributed by atoms with Crippen LogP contribution < -0.4 is 15.4 Å². The zero-order chi connectivity index (χ0) is 23.9. The van der Waals surface area contributed by atoms with Gasteiger partial charge in [-0.1, -0.05) is 52.5 Å². The Kier molecular flexibility index (Phi) is 8.35. The van der Waals surface area contributed by atoms with E-state index in [0.29, 0.717) is 34.8 Å². The molecule has 32 heavy (non-hydrogen) atoms. The first-order chi connectivity index (χ1) is 15.0. The van der Waals surface area contributed by atoms with Gasteiger partial charge in [0.25, 0.3) is 5.91 Å². The summed E-state index contributed by atoms with van der Waals surface area (Å²) in [6.45, 7) is 12.0. The van der Waals surface area contributed by atoms with Gasteiger partial charge in [-0.2, -0.15) is 0 Å². The van der Waals surface area contributed by atoms with Gasteiger partial charge in [-0.3, -0.25) is 14.4 Å². The van der Waals surface area contributed by atoms with E-state index in [1.54, 1.807) is 37.3 Å². The van der Waals surface area contributed by atoms with Crippen molar-refractivity contribution < 1.29 is 19.1 Å². The van der Waals surface area contributed by atoms with Crippen LogP contribution in [0.25, 0.3) is 0 Å². The van der Waals surface area contributed by atoms with Crippen LogP contribution in [0.5, 0.6) is 5.75 Å². The number of carbonyl (C=O) groups excluding carboxylic acids is 3. The Bertz CT molecular complexity index is 1000. The number of amides is 1. The van der Waals surface area contributed by atoms with Crippen molar-refractivity contribution in [3.63, 3.8) is 0 Å². The van der Waals surface area contributed by atoms with E-state index >= 15 is 0 Å². The third-order valence-electron chi connectivity index (χ3n) is 5.04. The van der Waals surface area contributed by atoms with E-state index in [1.165, 1.54) is 7.11 Å². The highest BCUT2D eigenvalue weighted by Crippen LogP contribution is 2.25. The Hall–Kier alpha value is -3.41. The molecule has 170 valence electrons. The van der Waals surface area contributed by atoms with Gasteiger partial charge in [0.15, 0.2) is 0 Å². The van der Waals surface area contributed by atoms with Gasteiger partial charge >= 0.3 is 0 Å². The maximum Gasteiger partial charge on any atom is 0.256 e. The highest BCUT2D eigenvalue weighted by molar-refractivity contribution is 6.00. The fraction of sp³-hybridized carbons (Fsp3) is 0.346. The smallest absolute Gasteiger partial charge is 0.256 e. The van der Waals surface area contributed by atoms with Crippen LogP contribution >= 0.6 is 0 Å². The molecule has 6 nitrogen and oxygen atoms in total. The summed E-state index contributed by atoms with van der Waals surface area (Å²) in [5.41, 5.74) is 3.04. The Morgan fingerprint density at radius 3 is 2.22 bits per heavy atom. The van der Waals surface area contributed by atoms with Crippen LogP contribution in [0.15, 0.2) is 54.9 Å². The maximum absolute atomic E-state index is 12.5. The molecular formula is C26H32N2O4. The predicted molar refractivity (Wildman–Crippen MR) is 127 cm³/mol. The maximum atomic E-state index is 12.5. The third-order valence-corrected chi connectivity index (χ3v) is 5.04. The number of rotatable bonds is 10. The quantitative estimate of drug-likeness (QED) is 0.523. The Morgan fingerprint density at radius 1 is 1.00 bits per heavy atom. The summed E-state index contributed by atoms with van der Waals surface area (Å²) in [7, 11) is 1.52. The van der Waals surface area contributed by atoms with Gasteiger partial charge in [0.05, 0.1) is 13.5 Å². The van der Waals surface area contributed by atoms with Gasteiger partial charge in [-0.25, -0.2) is 0 Å². The van der Waals surface area contributed by atoms with Crippen molar-refractivity contribution in [1.29, 1.82) is 0 Å². The number of benzene rings is 2. The summed E-state index contributed by atoms with van der Waals surface area (Å²) in [5.74, 6) is 0.341. The summed E-state index contributed by atoms with van der Waals surface area (Å²) in [5, 5.41) is 5.77. The number of ketones is 2. The first kappa shape index (κ1) is 24.9.